The fourth-order valence-electron chi connectivity index (χ4n) is 2.07. The fourth-order valence-corrected chi connectivity index (χ4v) is 3.48. The molecule has 2 aromatic heterocycles. The summed E-state index contributed by atoms with van der Waals surface area (Å²) in [7, 11) is 0. The van der Waals surface area contributed by atoms with Gasteiger partial charge in [0.1, 0.15) is 13.2 Å². The summed E-state index contributed by atoms with van der Waals surface area (Å²) in [5.41, 5.74) is 0. The van der Waals surface area contributed by atoms with Crippen LogP contribution in [-0.4, -0.2) is 23.4 Å². The van der Waals surface area contributed by atoms with Gasteiger partial charge in [-0.2, -0.15) is 0 Å². The average molecular weight is 332 g/mol. The Bertz CT molecular complexity index is 771. The van der Waals surface area contributed by atoms with Crippen LogP contribution in [0.25, 0.3) is 10.8 Å². The Kier molecular flexibility index (Phi) is 3.74. The highest BCUT2D eigenvalue weighted by Crippen LogP contribution is 2.35. The number of rotatable bonds is 4. The predicted molar refractivity (Wildman–Crippen MR) is 84.6 cm³/mol. The zero-order valence-electron chi connectivity index (χ0n) is 11.5. The molecule has 1 aliphatic heterocycles. The Morgan fingerprint density at radius 2 is 2.00 bits per heavy atom. The number of thiophene rings is 1. The van der Waals surface area contributed by atoms with Crippen molar-refractivity contribution in [1.29, 1.82) is 0 Å². The third-order valence-electron chi connectivity index (χ3n) is 3.07. The highest BCUT2D eigenvalue weighted by Gasteiger charge is 2.13. The molecular weight excluding hydrogens is 320 g/mol. The molecule has 0 saturated heterocycles. The van der Waals surface area contributed by atoms with Gasteiger partial charge >= 0.3 is 0 Å². The first-order valence-corrected chi connectivity index (χ1v) is 8.64. The van der Waals surface area contributed by atoms with Gasteiger partial charge in [-0.1, -0.05) is 6.07 Å². The van der Waals surface area contributed by atoms with Crippen molar-refractivity contribution in [1.82, 2.24) is 10.2 Å². The smallest absolute Gasteiger partial charge is 0.257 e. The molecule has 0 saturated carbocycles. The molecule has 3 aromatic rings. The lowest BCUT2D eigenvalue weighted by atomic mass is 10.3. The molecule has 1 aromatic carbocycles. The molecule has 0 atom stereocenters. The van der Waals surface area contributed by atoms with Gasteiger partial charge in [0.05, 0.1) is 10.6 Å². The SMILES string of the molecule is c1csc(-c2nnc(CSc3ccc4c(c3)OCCO4)o2)c1. The minimum atomic E-state index is 0.577. The van der Waals surface area contributed by atoms with Crippen molar-refractivity contribution in [3.05, 3.63) is 41.6 Å². The van der Waals surface area contributed by atoms with Crippen LogP contribution in [0.3, 0.4) is 0 Å². The van der Waals surface area contributed by atoms with Crippen molar-refractivity contribution in [3.8, 4) is 22.3 Å². The number of fused-ring (bicyclic) bond motifs is 1. The largest absolute Gasteiger partial charge is 0.486 e. The second-order valence-electron chi connectivity index (χ2n) is 4.57. The van der Waals surface area contributed by atoms with Crippen LogP contribution in [0.1, 0.15) is 5.89 Å². The van der Waals surface area contributed by atoms with Crippen LogP contribution in [-0.2, 0) is 5.75 Å². The highest BCUT2D eigenvalue weighted by molar-refractivity contribution is 7.98. The Morgan fingerprint density at radius 3 is 2.86 bits per heavy atom. The average Bonchev–Trinajstić information content (AvgIpc) is 3.24. The van der Waals surface area contributed by atoms with E-state index in [1.807, 2.05) is 35.7 Å². The molecule has 3 heterocycles. The van der Waals surface area contributed by atoms with Gasteiger partial charge in [0.25, 0.3) is 5.89 Å². The third kappa shape index (κ3) is 2.82. The lowest BCUT2D eigenvalue weighted by Crippen LogP contribution is -2.15. The standard InChI is InChI=1S/C15H12N2O3S2/c1-2-13(21-7-1)15-17-16-14(20-15)9-22-10-3-4-11-12(8-10)19-6-5-18-11/h1-4,7-8H,5-6,9H2. The van der Waals surface area contributed by atoms with Gasteiger partial charge < -0.3 is 13.9 Å². The molecular formula is C15H12N2O3S2. The van der Waals surface area contributed by atoms with E-state index in [-0.39, 0.29) is 0 Å². The third-order valence-corrected chi connectivity index (χ3v) is 4.91. The minimum absolute atomic E-state index is 0.577. The van der Waals surface area contributed by atoms with E-state index in [9.17, 15) is 0 Å². The zero-order valence-corrected chi connectivity index (χ0v) is 13.2. The van der Waals surface area contributed by atoms with E-state index >= 15 is 0 Å². The van der Waals surface area contributed by atoms with E-state index in [1.165, 1.54) is 0 Å². The van der Waals surface area contributed by atoms with Gasteiger partial charge in [0, 0.05) is 4.90 Å². The van der Waals surface area contributed by atoms with Crippen LogP contribution >= 0.6 is 23.1 Å². The van der Waals surface area contributed by atoms with Gasteiger partial charge in [0.15, 0.2) is 11.5 Å². The van der Waals surface area contributed by atoms with E-state index in [2.05, 4.69) is 10.2 Å². The normalized spacial score (nSPS) is 13.3. The summed E-state index contributed by atoms with van der Waals surface area (Å²) in [6, 6.07) is 9.86. The lowest BCUT2D eigenvalue weighted by Gasteiger charge is -2.18. The van der Waals surface area contributed by atoms with Crippen molar-refractivity contribution < 1.29 is 13.9 Å². The number of aromatic nitrogens is 2. The van der Waals surface area contributed by atoms with Crippen molar-refractivity contribution >= 4 is 23.1 Å². The van der Waals surface area contributed by atoms with Crippen molar-refractivity contribution in [2.24, 2.45) is 0 Å². The second-order valence-corrected chi connectivity index (χ2v) is 6.57. The van der Waals surface area contributed by atoms with E-state index in [4.69, 9.17) is 13.9 Å². The number of hydrogen-bond donors (Lipinski definition) is 0. The number of nitrogens with zero attached hydrogens (tertiary/aromatic N) is 2. The van der Waals surface area contributed by atoms with Crippen molar-refractivity contribution in [2.75, 3.05) is 13.2 Å². The molecule has 0 amide bonds. The maximum Gasteiger partial charge on any atom is 0.257 e. The van der Waals surface area contributed by atoms with Crippen LogP contribution in [0.4, 0.5) is 0 Å². The molecule has 5 nitrogen and oxygen atoms in total. The van der Waals surface area contributed by atoms with E-state index in [1.54, 1.807) is 23.1 Å². The topological polar surface area (TPSA) is 57.4 Å². The second kappa shape index (κ2) is 6.02. The van der Waals surface area contributed by atoms with Gasteiger partial charge in [-0.15, -0.1) is 33.3 Å². The molecule has 0 radical (unpaired) electrons. The van der Waals surface area contributed by atoms with E-state index < -0.39 is 0 Å². The molecule has 22 heavy (non-hydrogen) atoms. The summed E-state index contributed by atoms with van der Waals surface area (Å²) in [5.74, 6) is 3.41. The first-order valence-electron chi connectivity index (χ1n) is 6.77. The van der Waals surface area contributed by atoms with Crippen molar-refractivity contribution in [3.63, 3.8) is 0 Å². The zero-order chi connectivity index (χ0) is 14.8. The van der Waals surface area contributed by atoms with Crippen LogP contribution in [0.15, 0.2) is 45.0 Å². The molecule has 0 fully saturated rings. The number of benzene rings is 1. The fraction of sp³-hybridized carbons (Fsp3) is 0.200. The Hall–Kier alpha value is -1.99. The molecule has 0 bridgehead atoms. The van der Waals surface area contributed by atoms with Gasteiger partial charge in [-0.05, 0) is 29.6 Å². The van der Waals surface area contributed by atoms with Crippen LogP contribution < -0.4 is 9.47 Å². The van der Waals surface area contributed by atoms with Crippen molar-refractivity contribution in [2.45, 2.75) is 10.6 Å². The Balaban J connectivity index is 1.44. The van der Waals surface area contributed by atoms with Gasteiger partial charge in [-0.25, -0.2) is 0 Å². The first-order chi connectivity index (χ1) is 10.9. The summed E-state index contributed by atoms with van der Waals surface area (Å²) in [5, 5.41) is 10.2. The van der Waals surface area contributed by atoms with Crippen LogP contribution in [0, 0.1) is 0 Å². The van der Waals surface area contributed by atoms with E-state index in [0.717, 1.165) is 21.3 Å². The van der Waals surface area contributed by atoms with Crippen LogP contribution in [0.2, 0.25) is 0 Å². The first kappa shape index (κ1) is 13.7. The Labute approximate surface area is 135 Å². The molecule has 0 N–H and O–H groups in total. The minimum Gasteiger partial charge on any atom is -0.486 e. The summed E-state index contributed by atoms with van der Waals surface area (Å²) in [6.07, 6.45) is 0. The van der Waals surface area contributed by atoms with Gasteiger partial charge in [0.2, 0.25) is 5.89 Å². The molecule has 1 aliphatic rings. The lowest BCUT2D eigenvalue weighted by molar-refractivity contribution is 0.171. The summed E-state index contributed by atoms with van der Waals surface area (Å²) in [4.78, 5) is 2.07. The molecule has 0 aliphatic carbocycles. The summed E-state index contributed by atoms with van der Waals surface area (Å²) >= 11 is 3.21. The maximum absolute atomic E-state index is 5.67. The molecule has 0 spiro atoms. The number of thioether (sulfide) groups is 1. The van der Waals surface area contributed by atoms with Gasteiger partial charge in [-0.3, -0.25) is 0 Å². The molecule has 7 heteroatoms. The summed E-state index contributed by atoms with van der Waals surface area (Å²) < 4.78 is 16.8. The quantitative estimate of drug-likeness (QED) is 0.676. The van der Waals surface area contributed by atoms with Crippen LogP contribution in [0.5, 0.6) is 11.5 Å². The molecule has 4 rings (SSSR count). The number of hydrogen-bond acceptors (Lipinski definition) is 7. The number of ether oxygens (including phenoxy) is 2. The molecule has 112 valence electrons. The van der Waals surface area contributed by atoms with E-state index in [0.29, 0.717) is 30.7 Å². The molecule has 0 unspecified atom stereocenters. The predicted octanol–water partition coefficient (Wildman–Crippen LogP) is 3.86. The Morgan fingerprint density at radius 1 is 1.09 bits per heavy atom. The summed E-state index contributed by atoms with van der Waals surface area (Å²) in [6.45, 7) is 1.20. The maximum atomic E-state index is 5.67. The highest BCUT2D eigenvalue weighted by atomic mass is 32.2. The monoisotopic (exact) mass is 332 g/mol.